The normalized spacial score (nSPS) is 15.0. The Labute approximate surface area is 98.5 Å². The van der Waals surface area contributed by atoms with Crippen LogP contribution >= 0.6 is 0 Å². The molecule has 16 heavy (non-hydrogen) atoms. The van der Waals surface area contributed by atoms with Gasteiger partial charge in [0.1, 0.15) is 0 Å². The first-order valence-electron chi connectivity index (χ1n) is 6.35. The highest BCUT2D eigenvalue weighted by molar-refractivity contribution is 5.02. The highest BCUT2D eigenvalue weighted by Crippen LogP contribution is 2.25. The molecule has 0 aliphatic heterocycles. The van der Waals surface area contributed by atoms with Gasteiger partial charge in [-0.2, -0.15) is 5.10 Å². The summed E-state index contributed by atoms with van der Waals surface area (Å²) in [6, 6.07) is 1.90. The number of aryl methyl sites for hydroxylation is 1. The van der Waals surface area contributed by atoms with Crippen molar-refractivity contribution in [2.45, 2.75) is 52.1 Å². The van der Waals surface area contributed by atoms with Crippen molar-refractivity contribution in [2.24, 2.45) is 13.0 Å². The van der Waals surface area contributed by atoms with Gasteiger partial charge in [0.25, 0.3) is 0 Å². The molecule has 0 aliphatic rings. The fourth-order valence-corrected chi connectivity index (χ4v) is 2.03. The summed E-state index contributed by atoms with van der Waals surface area (Å²) < 4.78 is 1.74. The molecule has 1 rings (SSSR count). The first kappa shape index (κ1) is 13.2. The van der Waals surface area contributed by atoms with E-state index in [0.29, 0.717) is 5.92 Å². The van der Waals surface area contributed by atoms with E-state index in [1.807, 2.05) is 19.3 Å². The minimum atomic E-state index is -0.400. The highest BCUT2D eigenvalue weighted by Gasteiger charge is 2.16. The molecule has 3 nitrogen and oxygen atoms in total. The van der Waals surface area contributed by atoms with Crippen molar-refractivity contribution in [3.63, 3.8) is 0 Å². The third-order valence-electron chi connectivity index (χ3n) is 3.18. The van der Waals surface area contributed by atoms with Crippen molar-refractivity contribution in [1.29, 1.82) is 0 Å². The largest absolute Gasteiger partial charge is 0.387 e. The lowest BCUT2D eigenvalue weighted by atomic mass is 9.92. The van der Waals surface area contributed by atoms with Crippen LogP contribution in [0.3, 0.4) is 0 Å². The second kappa shape index (κ2) is 6.69. The lowest BCUT2D eigenvalue weighted by molar-refractivity contribution is 0.134. The highest BCUT2D eigenvalue weighted by atomic mass is 16.3. The Morgan fingerprint density at radius 3 is 2.69 bits per heavy atom. The molecule has 1 aromatic rings. The van der Waals surface area contributed by atoms with Crippen LogP contribution in [0, 0.1) is 5.92 Å². The first-order chi connectivity index (χ1) is 7.67. The molecule has 0 amide bonds. The van der Waals surface area contributed by atoms with Crippen molar-refractivity contribution in [2.75, 3.05) is 0 Å². The van der Waals surface area contributed by atoms with Crippen LogP contribution in [0.1, 0.15) is 57.7 Å². The molecule has 2 atom stereocenters. The van der Waals surface area contributed by atoms with Crippen molar-refractivity contribution in [3.05, 3.63) is 18.0 Å². The van der Waals surface area contributed by atoms with E-state index in [2.05, 4.69) is 18.9 Å². The maximum atomic E-state index is 10.1. The fourth-order valence-electron chi connectivity index (χ4n) is 2.03. The Morgan fingerprint density at radius 1 is 1.44 bits per heavy atom. The maximum absolute atomic E-state index is 10.1. The van der Waals surface area contributed by atoms with Crippen LogP contribution < -0.4 is 0 Å². The van der Waals surface area contributed by atoms with Gasteiger partial charge in [-0.15, -0.1) is 0 Å². The Kier molecular flexibility index (Phi) is 5.53. The van der Waals surface area contributed by atoms with Crippen molar-refractivity contribution >= 4 is 0 Å². The number of nitrogens with zero attached hydrogens (tertiary/aromatic N) is 2. The average molecular weight is 224 g/mol. The summed E-state index contributed by atoms with van der Waals surface area (Å²) in [5.74, 6) is 0.622. The molecule has 0 fully saturated rings. The zero-order valence-electron chi connectivity index (χ0n) is 10.7. The van der Waals surface area contributed by atoms with Gasteiger partial charge in [-0.3, -0.25) is 4.68 Å². The molecule has 0 saturated heterocycles. The van der Waals surface area contributed by atoms with E-state index >= 15 is 0 Å². The van der Waals surface area contributed by atoms with Gasteiger partial charge in [-0.25, -0.2) is 0 Å². The zero-order valence-corrected chi connectivity index (χ0v) is 10.7. The van der Waals surface area contributed by atoms with Gasteiger partial charge in [0.05, 0.1) is 11.8 Å². The lowest BCUT2D eigenvalue weighted by Crippen LogP contribution is -2.08. The number of unbranched alkanes of at least 4 members (excludes halogenated alkanes) is 1. The summed E-state index contributed by atoms with van der Waals surface area (Å²) in [4.78, 5) is 0. The summed E-state index contributed by atoms with van der Waals surface area (Å²) in [7, 11) is 1.88. The van der Waals surface area contributed by atoms with Gasteiger partial charge in [0.15, 0.2) is 0 Å². The van der Waals surface area contributed by atoms with Crippen LogP contribution in [0.25, 0.3) is 0 Å². The van der Waals surface area contributed by atoms with Crippen LogP contribution in [0.2, 0.25) is 0 Å². The van der Waals surface area contributed by atoms with Gasteiger partial charge < -0.3 is 5.11 Å². The van der Waals surface area contributed by atoms with E-state index in [1.54, 1.807) is 4.68 Å². The molecule has 0 aliphatic carbocycles. The molecule has 0 radical (unpaired) electrons. The molecule has 92 valence electrons. The Hall–Kier alpha value is -0.830. The molecular weight excluding hydrogens is 200 g/mol. The average Bonchev–Trinajstić information content (AvgIpc) is 2.70. The van der Waals surface area contributed by atoms with Crippen molar-refractivity contribution in [1.82, 2.24) is 9.78 Å². The SMILES string of the molecule is CCCCC(CC)CC(O)c1ccn(C)n1. The van der Waals surface area contributed by atoms with Gasteiger partial charge in [-0.05, 0) is 18.4 Å². The predicted octanol–water partition coefficient (Wildman–Crippen LogP) is 3.06. The quantitative estimate of drug-likeness (QED) is 0.773. The second-order valence-electron chi connectivity index (χ2n) is 4.58. The molecule has 2 unspecified atom stereocenters. The summed E-state index contributed by atoms with van der Waals surface area (Å²) in [5, 5.41) is 14.3. The van der Waals surface area contributed by atoms with Crippen molar-refractivity contribution < 1.29 is 5.11 Å². The van der Waals surface area contributed by atoms with E-state index in [-0.39, 0.29) is 0 Å². The molecule has 1 aromatic heterocycles. The number of hydrogen-bond donors (Lipinski definition) is 1. The Bertz CT molecular complexity index is 296. The van der Waals surface area contributed by atoms with Crippen molar-refractivity contribution in [3.8, 4) is 0 Å². The molecule has 1 heterocycles. The fraction of sp³-hybridized carbons (Fsp3) is 0.769. The second-order valence-corrected chi connectivity index (χ2v) is 4.58. The molecule has 3 heteroatoms. The van der Waals surface area contributed by atoms with E-state index in [0.717, 1.165) is 18.5 Å². The van der Waals surface area contributed by atoms with Gasteiger partial charge >= 0.3 is 0 Å². The summed E-state index contributed by atoms with van der Waals surface area (Å²) in [6.45, 7) is 4.41. The number of hydrogen-bond acceptors (Lipinski definition) is 2. The third kappa shape index (κ3) is 3.97. The number of rotatable bonds is 7. The first-order valence-corrected chi connectivity index (χ1v) is 6.35. The van der Waals surface area contributed by atoms with Crippen LogP contribution in [-0.2, 0) is 7.05 Å². The number of aliphatic hydroxyl groups excluding tert-OH is 1. The monoisotopic (exact) mass is 224 g/mol. The minimum absolute atomic E-state index is 0.400. The number of aromatic nitrogens is 2. The Balaban J connectivity index is 2.45. The van der Waals surface area contributed by atoms with Gasteiger partial charge in [0, 0.05) is 13.2 Å². The van der Waals surface area contributed by atoms with E-state index in [1.165, 1.54) is 19.3 Å². The number of aliphatic hydroxyl groups is 1. The van der Waals surface area contributed by atoms with Crippen LogP contribution in [0.5, 0.6) is 0 Å². The molecule has 0 bridgehead atoms. The van der Waals surface area contributed by atoms with Crippen LogP contribution in [0.15, 0.2) is 12.3 Å². The zero-order chi connectivity index (χ0) is 12.0. The van der Waals surface area contributed by atoms with Crippen LogP contribution in [-0.4, -0.2) is 14.9 Å². The topological polar surface area (TPSA) is 38.0 Å². The lowest BCUT2D eigenvalue weighted by Gasteiger charge is -2.17. The maximum Gasteiger partial charge on any atom is 0.0980 e. The summed E-state index contributed by atoms with van der Waals surface area (Å²) in [6.07, 6.45) is 7.17. The van der Waals surface area contributed by atoms with E-state index < -0.39 is 6.10 Å². The molecule has 1 N–H and O–H groups in total. The van der Waals surface area contributed by atoms with E-state index in [9.17, 15) is 5.11 Å². The molecule has 0 spiro atoms. The Morgan fingerprint density at radius 2 is 2.19 bits per heavy atom. The predicted molar refractivity (Wildman–Crippen MR) is 66.1 cm³/mol. The van der Waals surface area contributed by atoms with Gasteiger partial charge in [-0.1, -0.05) is 39.5 Å². The third-order valence-corrected chi connectivity index (χ3v) is 3.18. The molecule has 0 aromatic carbocycles. The van der Waals surface area contributed by atoms with E-state index in [4.69, 9.17) is 0 Å². The minimum Gasteiger partial charge on any atom is -0.387 e. The van der Waals surface area contributed by atoms with Crippen LogP contribution in [0.4, 0.5) is 0 Å². The summed E-state index contributed by atoms with van der Waals surface area (Å²) >= 11 is 0. The molecule has 0 saturated carbocycles. The summed E-state index contributed by atoms with van der Waals surface area (Å²) in [5.41, 5.74) is 0.803. The smallest absolute Gasteiger partial charge is 0.0980 e. The molecular formula is C13H24N2O. The standard InChI is InChI=1S/C13H24N2O/c1-4-6-7-11(5-2)10-13(16)12-8-9-15(3)14-12/h8-9,11,13,16H,4-7,10H2,1-3H3. The van der Waals surface area contributed by atoms with Gasteiger partial charge in [0.2, 0.25) is 0 Å².